The minimum absolute atomic E-state index is 0.00157. The Bertz CT molecular complexity index is 1540. The molecule has 0 aliphatic heterocycles. The largest absolute Gasteiger partial charge is 0.477 e. The van der Waals surface area contributed by atoms with Crippen molar-refractivity contribution in [3.63, 3.8) is 0 Å². The monoisotopic (exact) mass is 687 g/mol. The highest BCUT2D eigenvalue weighted by molar-refractivity contribution is 5.95. The second kappa shape index (κ2) is 20.4. The Morgan fingerprint density at radius 2 is 1.28 bits per heavy atom. The highest BCUT2D eigenvalue weighted by Crippen LogP contribution is 2.11. The average molecular weight is 688 g/mol. The van der Waals surface area contributed by atoms with E-state index in [4.69, 9.17) is 16.6 Å². The number of benzene rings is 2. The van der Waals surface area contributed by atoms with Crippen molar-refractivity contribution in [1.29, 1.82) is 0 Å². The van der Waals surface area contributed by atoms with E-state index in [2.05, 4.69) is 26.3 Å². The molecule has 0 radical (unpaired) electrons. The van der Waals surface area contributed by atoms with Crippen LogP contribution in [0, 0.1) is 5.92 Å². The minimum atomic E-state index is -1.16. The van der Waals surface area contributed by atoms with Gasteiger partial charge in [0.1, 0.15) is 23.8 Å². The van der Waals surface area contributed by atoms with Gasteiger partial charge in [0.05, 0.1) is 6.04 Å². The Morgan fingerprint density at radius 3 is 1.84 bits per heavy atom. The van der Waals surface area contributed by atoms with E-state index < -0.39 is 53.8 Å². The van der Waals surface area contributed by atoms with Crippen molar-refractivity contribution in [2.75, 3.05) is 6.54 Å². The van der Waals surface area contributed by atoms with Crippen molar-refractivity contribution in [3.05, 3.63) is 101 Å². The maximum Gasteiger partial charge on any atom is 0.354 e. The molecule has 13 nitrogen and oxygen atoms in total. The molecule has 0 bridgehead atoms. The summed E-state index contributed by atoms with van der Waals surface area (Å²) in [5.41, 5.74) is 14.1. The van der Waals surface area contributed by atoms with Gasteiger partial charge in [-0.05, 0) is 67.3 Å². The number of carboxylic acid groups (broad SMARTS) is 1. The standard InChI is InChI=1S/C37H49N7O6/c1-24(2)19-31(35(47)42-29(15-9-10-18-38)34(46)41-23-27-16-17-30(37(49)50)40-22-27)44-36(48)32(21-26-13-7-4-8-14-26)43-33(45)28(39)20-25-11-5-3-6-12-25/h3-8,11-14,16-17,22,24,28-29,31-32H,9-10,15,18-21,23,38-39H2,1-2H3,(H,41,46)(H,42,47)(H,43,45)(H,44,48)(H,49,50)/t28-,29-,31-,32-/m1/s1. The number of hydrogen-bond acceptors (Lipinski definition) is 8. The lowest BCUT2D eigenvalue weighted by Gasteiger charge is -2.27. The summed E-state index contributed by atoms with van der Waals surface area (Å²) < 4.78 is 0. The molecule has 268 valence electrons. The van der Waals surface area contributed by atoms with Gasteiger partial charge in [0.15, 0.2) is 0 Å². The van der Waals surface area contributed by atoms with Gasteiger partial charge in [-0.1, -0.05) is 80.6 Å². The van der Waals surface area contributed by atoms with Crippen LogP contribution in [0.5, 0.6) is 0 Å². The molecule has 1 aromatic heterocycles. The molecule has 0 aliphatic carbocycles. The normalized spacial score (nSPS) is 13.4. The molecule has 13 heteroatoms. The zero-order valence-corrected chi connectivity index (χ0v) is 28.6. The van der Waals surface area contributed by atoms with Crippen molar-refractivity contribution < 1.29 is 29.1 Å². The average Bonchev–Trinajstić information content (AvgIpc) is 3.10. The Labute approximate surface area is 293 Å². The lowest BCUT2D eigenvalue weighted by Crippen LogP contribution is -2.58. The topological polar surface area (TPSA) is 219 Å². The number of aromatic carboxylic acids is 1. The second-order valence-corrected chi connectivity index (χ2v) is 12.7. The smallest absolute Gasteiger partial charge is 0.354 e. The van der Waals surface area contributed by atoms with Crippen LogP contribution in [-0.4, -0.2) is 70.4 Å². The van der Waals surface area contributed by atoms with Crippen LogP contribution in [-0.2, 0) is 38.6 Å². The van der Waals surface area contributed by atoms with Crippen molar-refractivity contribution in [1.82, 2.24) is 26.3 Å². The van der Waals surface area contributed by atoms with Gasteiger partial charge in [0, 0.05) is 19.2 Å². The van der Waals surface area contributed by atoms with Crippen molar-refractivity contribution in [2.45, 2.75) is 83.1 Å². The van der Waals surface area contributed by atoms with E-state index in [0.717, 1.165) is 11.1 Å². The van der Waals surface area contributed by atoms with E-state index in [1.165, 1.54) is 12.3 Å². The maximum absolute atomic E-state index is 13.8. The summed E-state index contributed by atoms with van der Waals surface area (Å²) in [5.74, 6) is -3.22. The number of hydrogen-bond donors (Lipinski definition) is 7. The van der Waals surface area contributed by atoms with Gasteiger partial charge >= 0.3 is 5.97 Å². The van der Waals surface area contributed by atoms with Gasteiger partial charge in [0.2, 0.25) is 23.6 Å². The molecule has 3 rings (SSSR count). The number of carboxylic acids is 1. The van der Waals surface area contributed by atoms with Gasteiger partial charge < -0.3 is 37.8 Å². The summed E-state index contributed by atoms with van der Waals surface area (Å²) in [5, 5.41) is 20.3. The summed E-state index contributed by atoms with van der Waals surface area (Å²) in [4.78, 5) is 69.1. The van der Waals surface area contributed by atoms with Crippen molar-refractivity contribution in [3.8, 4) is 0 Å². The number of nitrogens with two attached hydrogens (primary N) is 2. The van der Waals surface area contributed by atoms with Crippen LogP contribution in [0.25, 0.3) is 0 Å². The Morgan fingerprint density at radius 1 is 0.700 bits per heavy atom. The number of nitrogens with one attached hydrogen (secondary N) is 4. The molecule has 2 aromatic carbocycles. The lowest BCUT2D eigenvalue weighted by molar-refractivity contribution is -0.134. The molecule has 0 saturated carbocycles. The van der Waals surface area contributed by atoms with Crippen molar-refractivity contribution in [2.24, 2.45) is 17.4 Å². The summed E-state index contributed by atoms with van der Waals surface area (Å²) in [6.45, 7) is 4.30. The fraction of sp³-hybridized carbons (Fsp3) is 0.405. The summed E-state index contributed by atoms with van der Waals surface area (Å²) in [6.07, 6.45) is 3.59. The Kier molecular flexibility index (Phi) is 16.0. The van der Waals surface area contributed by atoms with Crippen LogP contribution in [0.4, 0.5) is 0 Å². The van der Waals surface area contributed by atoms with E-state index >= 15 is 0 Å². The first kappa shape index (κ1) is 39.3. The van der Waals surface area contributed by atoms with Crippen molar-refractivity contribution >= 4 is 29.6 Å². The molecule has 0 spiro atoms. The number of carbonyl (C=O) groups is 5. The third kappa shape index (κ3) is 13.4. The first-order valence-electron chi connectivity index (χ1n) is 16.9. The molecule has 0 aliphatic rings. The molecular weight excluding hydrogens is 638 g/mol. The number of nitrogens with zero attached hydrogens (tertiary/aromatic N) is 1. The Balaban J connectivity index is 1.74. The van der Waals surface area contributed by atoms with E-state index in [1.54, 1.807) is 6.07 Å². The molecule has 1 heterocycles. The first-order chi connectivity index (χ1) is 24.0. The second-order valence-electron chi connectivity index (χ2n) is 12.7. The maximum atomic E-state index is 13.8. The molecule has 4 atom stereocenters. The number of unbranched alkanes of at least 4 members (excludes halogenated alkanes) is 1. The van der Waals surface area contributed by atoms with Crippen LogP contribution in [0.15, 0.2) is 79.0 Å². The number of amides is 4. The highest BCUT2D eigenvalue weighted by Gasteiger charge is 2.31. The van der Waals surface area contributed by atoms with Crippen LogP contribution in [0.2, 0.25) is 0 Å². The number of carbonyl (C=O) groups excluding carboxylic acids is 4. The summed E-state index contributed by atoms with van der Waals surface area (Å²) in [6, 6.07) is 17.6. The van der Waals surface area contributed by atoms with E-state index in [0.29, 0.717) is 31.4 Å². The van der Waals surface area contributed by atoms with Gasteiger partial charge in [-0.25, -0.2) is 9.78 Å². The van der Waals surface area contributed by atoms with Gasteiger partial charge in [0.25, 0.3) is 0 Å². The molecule has 3 aromatic rings. The Hall–Kier alpha value is -5.14. The zero-order valence-electron chi connectivity index (χ0n) is 28.6. The summed E-state index contributed by atoms with van der Waals surface area (Å²) in [7, 11) is 0. The molecule has 0 unspecified atom stereocenters. The van der Waals surface area contributed by atoms with E-state index in [1.807, 2.05) is 74.5 Å². The van der Waals surface area contributed by atoms with Crippen LogP contribution in [0.1, 0.15) is 66.7 Å². The first-order valence-corrected chi connectivity index (χ1v) is 16.9. The van der Waals surface area contributed by atoms with E-state index in [9.17, 15) is 24.0 Å². The number of rotatable bonds is 20. The molecule has 9 N–H and O–H groups in total. The molecule has 50 heavy (non-hydrogen) atoms. The predicted octanol–water partition coefficient (Wildman–Crippen LogP) is 1.84. The fourth-order valence-electron chi connectivity index (χ4n) is 5.28. The third-order valence-corrected chi connectivity index (χ3v) is 7.98. The minimum Gasteiger partial charge on any atom is -0.477 e. The number of aromatic nitrogens is 1. The van der Waals surface area contributed by atoms with Gasteiger partial charge in [-0.2, -0.15) is 0 Å². The van der Waals surface area contributed by atoms with Crippen LogP contribution >= 0.6 is 0 Å². The third-order valence-electron chi connectivity index (χ3n) is 7.98. The SMILES string of the molecule is CC(C)C[C@@H](NC(=O)[C@@H](Cc1ccccc1)NC(=O)[C@H](N)Cc1ccccc1)C(=O)N[C@H](CCCCN)C(=O)NCc1ccc(C(=O)O)nc1. The van der Waals surface area contributed by atoms with Crippen LogP contribution < -0.4 is 32.7 Å². The lowest BCUT2D eigenvalue weighted by atomic mass is 9.99. The highest BCUT2D eigenvalue weighted by atomic mass is 16.4. The van der Waals surface area contributed by atoms with Crippen LogP contribution in [0.3, 0.4) is 0 Å². The molecular formula is C37H49N7O6. The van der Waals surface area contributed by atoms with Gasteiger partial charge in [-0.15, -0.1) is 0 Å². The summed E-state index contributed by atoms with van der Waals surface area (Å²) >= 11 is 0. The molecule has 0 saturated heterocycles. The fourth-order valence-corrected chi connectivity index (χ4v) is 5.28. The zero-order chi connectivity index (χ0) is 36.5. The van der Waals surface area contributed by atoms with E-state index in [-0.39, 0.29) is 37.4 Å². The quantitative estimate of drug-likeness (QED) is 0.0861. The molecule has 4 amide bonds. The number of pyridine rings is 1. The molecule has 0 fully saturated rings. The predicted molar refractivity (Wildman–Crippen MR) is 189 cm³/mol. The van der Waals surface area contributed by atoms with Gasteiger partial charge in [-0.3, -0.25) is 19.2 Å².